The predicted octanol–water partition coefficient (Wildman–Crippen LogP) is 1.13. The van der Waals surface area contributed by atoms with Crippen LogP contribution in [0.2, 0.25) is 0 Å². The van der Waals surface area contributed by atoms with Crippen LogP contribution in [0.5, 0.6) is 5.88 Å². The monoisotopic (exact) mass is 275 g/mol. The lowest BCUT2D eigenvalue weighted by Gasteiger charge is -2.09. The first-order chi connectivity index (χ1) is 9.20. The Morgan fingerprint density at radius 3 is 2.89 bits per heavy atom. The average Bonchev–Trinajstić information content (AvgIpc) is 2.46. The van der Waals surface area contributed by atoms with Crippen LogP contribution in [0.3, 0.4) is 0 Å². The summed E-state index contributed by atoms with van der Waals surface area (Å²) in [5.41, 5.74) is 7.28. The quantitative estimate of drug-likeness (QED) is 0.791. The van der Waals surface area contributed by atoms with Crippen molar-refractivity contribution >= 4 is 23.0 Å². The van der Waals surface area contributed by atoms with Gasteiger partial charge >= 0.3 is 0 Å². The predicted molar refractivity (Wildman–Crippen MR) is 76.0 cm³/mol. The largest absolute Gasteiger partial charge is 0.481 e. The highest BCUT2D eigenvalue weighted by atomic mass is 32.1. The molecule has 6 nitrogen and oxygen atoms in total. The van der Waals surface area contributed by atoms with E-state index in [0.29, 0.717) is 23.8 Å². The molecule has 98 valence electrons. The SMILES string of the molecule is COc1ccc(CNc2nnccc2C(N)=S)cn1. The molecule has 2 rings (SSSR count). The van der Waals surface area contributed by atoms with E-state index in [9.17, 15) is 0 Å². The molecule has 0 aliphatic carbocycles. The van der Waals surface area contributed by atoms with Crippen molar-refractivity contribution in [1.29, 1.82) is 0 Å². The fraction of sp³-hybridized carbons (Fsp3) is 0.167. The first-order valence-electron chi connectivity index (χ1n) is 5.55. The molecule has 2 aromatic heterocycles. The molecule has 3 N–H and O–H groups in total. The number of hydrogen-bond acceptors (Lipinski definition) is 6. The smallest absolute Gasteiger partial charge is 0.212 e. The first kappa shape index (κ1) is 13.2. The van der Waals surface area contributed by atoms with Crippen molar-refractivity contribution in [3.63, 3.8) is 0 Å². The minimum Gasteiger partial charge on any atom is -0.481 e. The third kappa shape index (κ3) is 3.35. The van der Waals surface area contributed by atoms with Gasteiger partial charge in [-0.1, -0.05) is 18.3 Å². The second-order valence-electron chi connectivity index (χ2n) is 3.72. The average molecular weight is 275 g/mol. The van der Waals surface area contributed by atoms with Crippen LogP contribution in [0.1, 0.15) is 11.1 Å². The van der Waals surface area contributed by atoms with Crippen molar-refractivity contribution in [3.05, 3.63) is 41.7 Å². The number of rotatable bonds is 5. The standard InChI is InChI=1S/C12H13N5OS/c1-18-10-3-2-8(6-14-10)7-15-12-9(11(13)19)4-5-16-17-12/h2-6H,7H2,1H3,(H2,13,19)(H,15,17). The zero-order valence-electron chi connectivity index (χ0n) is 10.3. The van der Waals surface area contributed by atoms with E-state index < -0.39 is 0 Å². The zero-order valence-corrected chi connectivity index (χ0v) is 11.1. The van der Waals surface area contributed by atoms with Crippen LogP contribution in [-0.4, -0.2) is 27.3 Å². The van der Waals surface area contributed by atoms with Gasteiger partial charge in [0.05, 0.1) is 18.9 Å². The van der Waals surface area contributed by atoms with Crippen LogP contribution in [0.4, 0.5) is 5.82 Å². The van der Waals surface area contributed by atoms with Gasteiger partial charge < -0.3 is 15.8 Å². The molecule has 7 heteroatoms. The molecule has 19 heavy (non-hydrogen) atoms. The van der Waals surface area contributed by atoms with Gasteiger partial charge in [-0.25, -0.2) is 4.98 Å². The molecule has 0 spiro atoms. The van der Waals surface area contributed by atoms with Gasteiger partial charge in [-0.2, -0.15) is 5.10 Å². The van der Waals surface area contributed by atoms with Gasteiger partial charge in [-0.15, -0.1) is 5.10 Å². The lowest BCUT2D eigenvalue weighted by molar-refractivity contribution is 0.397. The molecule has 2 heterocycles. The molecule has 0 atom stereocenters. The topological polar surface area (TPSA) is 86.0 Å². The van der Waals surface area contributed by atoms with E-state index in [-0.39, 0.29) is 4.99 Å². The maximum absolute atomic E-state index is 5.62. The number of ether oxygens (including phenoxy) is 1. The summed E-state index contributed by atoms with van der Waals surface area (Å²) in [6.07, 6.45) is 3.28. The molecule has 0 radical (unpaired) electrons. The summed E-state index contributed by atoms with van der Waals surface area (Å²) < 4.78 is 5.00. The lowest BCUT2D eigenvalue weighted by Crippen LogP contribution is -2.15. The molecule has 0 saturated heterocycles. The van der Waals surface area contributed by atoms with E-state index >= 15 is 0 Å². The molecule has 0 fully saturated rings. The van der Waals surface area contributed by atoms with Crippen molar-refractivity contribution in [3.8, 4) is 5.88 Å². The number of anilines is 1. The third-order valence-corrected chi connectivity index (χ3v) is 2.67. The van der Waals surface area contributed by atoms with E-state index in [1.807, 2.05) is 6.07 Å². The number of nitrogens with two attached hydrogens (primary N) is 1. The highest BCUT2D eigenvalue weighted by molar-refractivity contribution is 7.80. The summed E-state index contributed by atoms with van der Waals surface area (Å²) in [6.45, 7) is 0.547. The minimum atomic E-state index is 0.283. The van der Waals surface area contributed by atoms with Crippen molar-refractivity contribution in [2.24, 2.45) is 5.73 Å². The Hall–Kier alpha value is -2.28. The molecule has 0 aliphatic heterocycles. The van der Waals surface area contributed by atoms with Gasteiger partial charge in [0.2, 0.25) is 5.88 Å². The number of methoxy groups -OCH3 is 1. The Balaban J connectivity index is 2.07. The molecule has 0 unspecified atom stereocenters. The summed E-state index contributed by atoms with van der Waals surface area (Å²) >= 11 is 4.95. The highest BCUT2D eigenvalue weighted by Gasteiger charge is 2.06. The summed E-state index contributed by atoms with van der Waals surface area (Å²) in [4.78, 5) is 4.40. The van der Waals surface area contributed by atoms with E-state index in [1.54, 1.807) is 31.6 Å². The fourth-order valence-electron chi connectivity index (χ4n) is 1.48. The highest BCUT2D eigenvalue weighted by Crippen LogP contribution is 2.12. The second-order valence-corrected chi connectivity index (χ2v) is 4.16. The van der Waals surface area contributed by atoms with Gasteiger partial charge in [0.15, 0.2) is 5.82 Å². The van der Waals surface area contributed by atoms with Crippen LogP contribution in [-0.2, 0) is 6.54 Å². The van der Waals surface area contributed by atoms with Gasteiger partial charge in [-0.05, 0) is 11.6 Å². The van der Waals surface area contributed by atoms with Gasteiger partial charge in [0.1, 0.15) is 4.99 Å². The van der Waals surface area contributed by atoms with Crippen LogP contribution < -0.4 is 15.8 Å². The van der Waals surface area contributed by atoms with Crippen LogP contribution in [0, 0.1) is 0 Å². The molecule has 2 aromatic rings. The van der Waals surface area contributed by atoms with Gasteiger partial charge in [-0.3, -0.25) is 0 Å². The number of nitrogens with one attached hydrogen (secondary N) is 1. The lowest BCUT2D eigenvalue weighted by atomic mass is 10.2. The number of thiocarbonyl (C=S) groups is 1. The third-order valence-electron chi connectivity index (χ3n) is 2.45. The van der Waals surface area contributed by atoms with Crippen molar-refractivity contribution in [1.82, 2.24) is 15.2 Å². The Kier molecular flexibility index (Phi) is 4.19. The number of nitrogens with zero attached hydrogens (tertiary/aromatic N) is 3. The van der Waals surface area contributed by atoms with E-state index in [2.05, 4.69) is 20.5 Å². The molecule has 0 aliphatic rings. The summed E-state index contributed by atoms with van der Waals surface area (Å²) in [7, 11) is 1.58. The molecular weight excluding hydrogens is 262 g/mol. The maximum atomic E-state index is 5.62. The second kappa shape index (κ2) is 6.05. The number of pyridine rings is 1. The van der Waals surface area contributed by atoms with Crippen LogP contribution >= 0.6 is 12.2 Å². The molecule has 0 saturated carbocycles. The molecule has 0 amide bonds. The van der Waals surface area contributed by atoms with E-state index in [4.69, 9.17) is 22.7 Å². The zero-order chi connectivity index (χ0) is 13.7. The van der Waals surface area contributed by atoms with Crippen molar-refractivity contribution in [2.45, 2.75) is 6.54 Å². The minimum absolute atomic E-state index is 0.283. The Morgan fingerprint density at radius 1 is 1.42 bits per heavy atom. The molecule has 0 bridgehead atoms. The summed E-state index contributed by atoms with van der Waals surface area (Å²) in [5, 5.41) is 10.9. The fourth-order valence-corrected chi connectivity index (χ4v) is 1.65. The Morgan fingerprint density at radius 2 is 2.26 bits per heavy atom. The van der Waals surface area contributed by atoms with Crippen molar-refractivity contribution in [2.75, 3.05) is 12.4 Å². The first-order valence-corrected chi connectivity index (χ1v) is 5.96. The molecule has 0 aromatic carbocycles. The Bertz CT molecular complexity index is 573. The number of hydrogen-bond donors (Lipinski definition) is 2. The van der Waals surface area contributed by atoms with Gasteiger partial charge in [0.25, 0.3) is 0 Å². The number of aromatic nitrogens is 3. The Labute approximate surface area is 116 Å². The normalized spacial score (nSPS) is 9.95. The van der Waals surface area contributed by atoms with Crippen LogP contribution in [0.15, 0.2) is 30.6 Å². The maximum Gasteiger partial charge on any atom is 0.212 e. The van der Waals surface area contributed by atoms with Crippen molar-refractivity contribution < 1.29 is 4.74 Å². The molecular formula is C12H13N5OS. The van der Waals surface area contributed by atoms with Crippen LogP contribution in [0.25, 0.3) is 0 Å². The summed E-state index contributed by atoms with van der Waals surface area (Å²) in [6, 6.07) is 5.43. The van der Waals surface area contributed by atoms with Gasteiger partial charge in [0, 0.05) is 18.8 Å². The summed E-state index contributed by atoms with van der Waals surface area (Å²) in [5.74, 6) is 1.14. The van der Waals surface area contributed by atoms with E-state index in [0.717, 1.165) is 5.56 Å². The van der Waals surface area contributed by atoms with E-state index in [1.165, 1.54) is 0 Å².